The highest BCUT2D eigenvalue weighted by atomic mass is 15.3. The van der Waals surface area contributed by atoms with Gasteiger partial charge in [0.2, 0.25) is 0 Å². The Bertz CT molecular complexity index is 330. The Balaban J connectivity index is 1.90. The maximum Gasteiger partial charge on any atom is 0.0764 e. The molecule has 3 heteroatoms. The van der Waals surface area contributed by atoms with Crippen LogP contribution in [0, 0.1) is 11.8 Å². The first-order valence-electron chi connectivity index (χ1n) is 6.36. The predicted molar refractivity (Wildman–Crippen MR) is 66.0 cm³/mol. The Morgan fingerprint density at radius 3 is 2.94 bits per heavy atom. The lowest BCUT2D eigenvalue weighted by atomic mass is 9.88. The molecule has 1 aromatic rings. The van der Waals surface area contributed by atoms with Crippen molar-refractivity contribution in [1.82, 2.24) is 14.7 Å². The highest BCUT2D eigenvalue weighted by molar-refractivity contribution is 4.98. The number of likely N-dealkylation sites (tertiary alicyclic amines) is 1. The van der Waals surface area contributed by atoms with Crippen LogP contribution in [0.25, 0.3) is 0 Å². The van der Waals surface area contributed by atoms with Crippen molar-refractivity contribution in [3.05, 3.63) is 18.0 Å². The Morgan fingerprint density at radius 1 is 1.50 bits per heavy atom. The second kappa shape index (κ2) is 5.00. The molecule has 2 heterocycles. The number of nitrogens with zero attached hydrogens (tertiary/aromatic N) is 3. The normalized spacial score (nSPS) is 22.9. The average Bonchev–Trinajstić information content (AvgIpc) is 2.64. The van der Waals surface area contributed by atoms with Gasteiger partial charge in [0, 0.05) is 26.3 Å². The number of rotatable bonds is 3. The first-order chi connectivity index (χ1) is 7.65. The van der Waals surface area contributed by atoms with Crippen molar-refractivity contribution in [1.29, 1.82) is 0 Å². The number of hydrogen-bond donors (Lipinski definition) is 0. The molecule has 0 saturated carbocycles. The number of hydrogen-bond acceptors (Lipinski definition) is 2. The lowest BCUT2D eigenvalue weighted by Crippen LogP contribution is -2.36. The SMILES string of the molecule is CC(C)[C@@H]1CCCN(Cc2ccn(C)n2)C1. The molecule has 0 amide bonds. The van der Waals surface area contributed by atoms with Crippen LogP contribution in [-0.4, -0.2) is 27.8 Å². The van der Waals surface area contributed by atoms with E-state index in [2.05, 4.69) is 29.9 Å². The van der Waals surface area contributed by atoms with E-state index in [0.717, 1.165) is 18.4 Å². The molecule has 0 aliphatic carbocycles. The summed E-state index contributed by atoms with van der Waals surface area (Å²) in [5.41, 5.74) is 1.20. The summed E-state index contributed by atoms with van der Waals surface area (Å²) >= 11 is 0. The molecular weight excluding hydrogens is 198 g/mol. The van der Waals surface area contributed by atoms with Gasteiger partial charge in [-0.05, 0) is 37.3 Å². The van der Waals surface area contributed by atoms with Gasteiger partial charge in [-0.15, -0.1) is 0 Å². The third-order valence-electron chi connectivity index (χ3n) is 3.64. The zero-order chi connectivity index (χ0) is 11.5. The van der Waals surface area contributed by atoms with E-state index in [4.69, 9.17) is 0 Å². The summed E-state index contributed by atoms with van der Waals surface area (Å²) < 4.78 is 1.89. The molecule has 90 valence electrons. The maximum absolute atomic E-state index is 4.45. The largest absolute Gasteiger partial charge is 0.297 e. The van der Waals surface area contributed by atoms with E-state index in [1.54, 1.807) is 0 Å². The summed E-state index contributed by atoms with van der Waals surface area (Å²) in [4.78, 5) is 2.55. The molecule has 0 radical (unpaired) electrons. The van der Waals surface area contributed by atoms with Crippen molar-refractivity contribution in [2.75, 3.05) is 13.1 Å². The van der Waals surface area contributed by atoms with Gasteiger partial charge in [-0.25, -0.2) is 0 Å². The molecule has 1 fully saturated rings. The van der Waals surface area contributed by atoms with Crippen LogP contribution < -0.4 is 0 Å². The highest BCUT2D eigenvalue weighted by Crippen LogP contribution is 2.24. The second-order valence-electron chi connectivity index (χ2n) is 5.36. The lowest BCUT2D eigenvalue weighted by Gasteiger charge is -2.34. The molecule has 0 spiro atoms. The van der Waals surface area contributed by atoms with Crippen LogP contribution >= 0.6 is 0 Å². The molecule has 2 rings (SSSR count). The topological polar surface area (TPSA) is 21.1 Å². The van der Waals surface area contributed by atoms with Crippen molar-refractivity contribution in [3.63, 3.8) is 0 Å². The zero-order valence-electron chi connectivity index (χ0n) is 10.7. The summed E-state index contributed by atoms with van der Waals surface area (Å²) in [6.45, 7) is 8.18. The summed E-state index contributed by atoms with van der Waals surface area (Å²) in [7, 11) is 1.98. The highest BCUT2D eigenvalue weighted by Gasteiger charge is 2.22. The van der Waals surface area contributed by atoms with Gasteiger partial charge in [0.15, 0.2) is 0 Å². The molecule has 1 saturated heterocycles. The summed E-state index contributed by atoms with van der Waals surface area (Å²) in [6.07, 6.45) is 4.77. The third kappa shape index (κ3) is 2.85. The van der Waals surface area contributed by atoms with E-state index >= 15 is 0 Å². The lowest BCUT2D eigenvalue weighted by molar-refractivity contribution is 0.138. The summed E-state index contributed by atoms with van der Waals surface area (Å²) in [5, 5.41) is 4.45. The van der Waals surface area contributed by atoms with Crippen molar-refractivity contribution < 1.29 is 0 Å². The van der Waals surface area contributed by atoms with Crippen LogP contribution in [0.1, 0.15) is 32.4 Å². The number of aryl methyl sites for hydroxylation is 1. The Labute approximate surface area is 98.4 Å². The predicted octanol–water partition coefficient (Wildman–Crippen LogP) is 2.29. The van der Waals surface area contributed by atoms with Crippen LogP contribution in [-0.2, 0) is 13.6 Å². The van der Waals surface area contributed by atoms with Crippen LogP contribution in [0.2, 0.25) is 0 Å². The van der Waals surface area contributed by atoms with Gasteiger partial charge >= 0.3 is 0 Å². The fourth-order valence-electron chi connectivity index (χ4n) is 2.56. The Kier molecular flexibility index (Phi) is 3.64. The number of aromatic nitrogens is 2. The van der Waals surface area contributed by atoms with Crippen LogP contribution in [0.3, 0.4) is 0 Å². The van der Waals surface area contributed by atoms with Crippen molar-refractivity contribution in [2.45, 2.75) is 33.2 Å². The van der Waals surface area contributed by atoms with Crippen molar-refractivity contribution >= 4 is 0 Å². The van der Waals surface area contributed by atoms with Gasteiger partial charge in [0.1, 0.15) is 0 Å². The van der Waals surface area contributed by atoms with Gasteiger partial charge in [-0.2, -0.15) is 5.10 Å². The smallest absolute Gasteiger partial charge is 0.0764 e. The Hall–Kier alpha value is -0.830. The molecule has 1 aliphatic rings. The molecule has 3 nitrogen and oxygen atoms in total. The molecule has 1 aromatic heterocycles. The fourth-order valence-corrected chi connectivity index (χ4v) is 2.56. The standard InChI is InChI=1S/C13H23N3/c1-11(2)12-5-4-7-16(9-12)10-13-6-8-15(3)14-13/h6,8,11-12H,4-5,7,9-10H2,1-3H3/t12-/m1/s1. The summed E-state index contributed by atoms with van der Waals surface area (Å²) in [6, 6.07) is 2.12. The summed E-state index contributed by atoms with van der Waals surface area (Å²) in [5.74, 6) is 1.68. The monoisotopic (exact) mass is 221 g/mol. The maximum atomic E-state index is 4.45. The average molecular weight is 221 g/mol. The van der Waals surface area contributed by atoms with E-state index in [-0.39, 0.29) is 0 Å². The van der Waals surface area contributed by atoms with E-state index in [9.17, 15) is 0 Å². The minimum Gasteiger partial charge on any atom is -0.297 e. The molecule has 0 N–H and O–H groups in total. The van der Waals surface area contributed by atoms with E-state index in [1.807, 2.05) is 17.9 Å². The first-order valence-corrected chi connectivity index (χ1v) is 6.36. The minimum atomic E-state index is 0.812. The molecule has 1 atom stereocenters. The molecular formula is C13H23N3. The van der Waals surface area contributed by atoms with Crippen molar-refractivity contribution in [3.8, 4) is 0 Å². The zero-order valence-corrected chi connectivity index (χ0v) is 10.7. The minimum absolute atomic E-state index is 0.812. The van der Waals surface area contributed by atoms with Gasteiger partial charge < -0.3 is 0 Å². The second-order valence-corrected chi connectivity index (χ2v) is 5.36. The quantitative estimate of drug-likeness (QED) is 0.781. The molecule has 0 bridgehead atoms. The fraction of sp³-hybridized carbons (Fsp3) is 0.769. The van der Waals surface area contributed by atoms with Crippen LogP contribution in [0.5, 0.6) is 0 Å². The van der Waals surface area contributed by atoms with E-state index in [1.165, 1.54) is 31.6 Å². The number of piperidine rings is 1. The first kappa shape index (κ1) is 11.6. The van der Waals surface area contributed by atoms with Gasteiger partial charge in [-0.3, -0.25) is 9.58 Å². The van der Waals surface area contributed by atoms with Gasteiger partial charge in [-0.1, -0.05) is 13.8 Å². The van der Waals surface area contributed by atoms with Crippen LogP contribution in [0.15, 0.2) is 12.3 Å². The molecule has 16 heavy (non-hydrogen) atoms. The Morgan fingerprint density at radius 2 is 2.31 bits per heavy atom. The van der Waals surface area contributed by atoms with Gasteiger partial charge in [0.05, 0.1) is 5.69 Å². The molecule has 1 aliphatic heterocycles. The molecule has 0 aromatic carbocycles. The van der Waals surface area contributed by atoms with Gasteiger partial charge in [0.25, 0.3) is 0 Å². The molecule has 0 unspecified atom stereocenters. The van der Waals surface area contributed by atoms with E-state index < -0.39 is 0 Å². The third-order valence-corrected chi connectivity index (χ3v) is 3.64. The van der Waals surface area contributed by atoms with Crippen LogP contribution in [0.4, 0.5) is 0 Å². The van der Waals surface area contributed by atoms with E-state index in [0.29, 0.717) is 0 Å². The van der Waals surface area contributed by atoms with Crippen molar-refractivity contribution in [2.24, 2.45) is 18.9 Å².